The number of aromatic nitrogens is 1. The molecule has 0 spiro atoms. The van der Waals surface area contributed by atoms with Gasteiger partial charge in [-0.1, -0.05) is 44.2 Å². The van der Waals surface area contributed by atoms with E-state index in [2.05, 4.69) is 82.9 Å². The van der Waals surface area contributed by atoms with Crippen LogP contribution in [0.25, 0.3) is 21.8 Å². The predicted molar refractivity (Wildman–Crippen MR) is 165 cm³/mol. The van der Waals surface area contributed by atoms with E-state index in [4.69, 9.17) is 4.74 Å². The van der Waals surface area contributed by atoms with Crippen molar-refractivity contribution in [1.29, 1.82) is 0 Å². The van der Waals surface area contributed by atoms with Crippen LogP contribution >= 0.6 is 0 Å². The number of nitrogens with one attached hydrogen (secondary N) is 1. The second-order valence-corrected chi connectivity index (χ2v) is 10.9. The predicted octanol–water partition coefficient (Wildman–Crippen LogP) is 6.32. The maximum atomic E-state index is 12.7. The Balaban J connectivity index is 1.12. The number of amides is 1. The zero-order chi connectivity index (χ0) is 27.9. The summed E-state index contributed by atoms with van der Waals surface area (Å²) in [4.78, 5) is 17.6. The van der Waals surface area contributed by atoms with Crippen LogP contribution < -0.4 is 10.1 Å². The first kappa shape index (κ1) is 28.2. The average molecular weight is 541 g/mol. The second-order valence-electron chi connectivity index (χ2n) is 10.9. The molecular weight excluding hydrogens is 496 g/mol. The van der Waals surface area contributed by atoms with E-state index in [0.29, 0.717) is 12.1 Å². The Bertz CT molecular complexity index is 1420. The first-order valence-corrected chi connectivity index (χ1v) is 15.1. The van der Waals surface area contributed by atoms with Gasteiger partial charge in [-0.05, 0) is 87.8 Å². The van der Waals surface area contributed by atoms with Gasteiger partial charge in [0.05, 0.1) is 0 Å². The molecule has 0 unspecified atom stereocenters. The second kappa shape index (κ2) is 13.3. The minimum Gasteiger partial charge on any atom is -0.490 e. The van der Waals surface area contributed by atoms with Gasteiger partial charge in [-0.2, -0.15) is 0 Å². The molecule has 1 aliphatic rings. The molecule has 1 aromatic heterocycles. The number of hydrogen-bond acceptors (Lipinski definition) is 4. The van der Waals surface area contributed by atoms with Crippen molar-refractivity contribution < 1.29 is 9.53 Å². The van der Waals surface area contributed by atoms with Gasteiger partial charge in [-0.25, -0.2) is 0 Å². The first-order chi connectivity index (χ1) is 19.6. The zero-order valence-electron chi connectivity index (χ0n) is 24.4. The Labute approximate surface area is 238 Å². The molecule has 1 amide bonds. The van der Waals surface area contributed by atoms with Crippen LogP contribution in [0.1, 0.15) is 56.0 Å². The van der Waals surface area contributed by atoms with E-state index < -0.39 is 0 Å². The van der Waals surface area contributed by atoms with Crippen molar-refractivity contribution in [2.45, 2.75) is 59.2 Å². The molecule has 6 nitrogen and oxygen atoms in total. The number of carbonyl (C=O) groups is 1. The maximum absolute atomic E-state index is 12.7. The lowest BCUT2D eigenvalue weighted by Gasteiger charge is -2.32. The topological polar surface area (TPSA) is 49.7 Å². The fourth-order valence-electron chi connectivity index (χ4n) is 6.03. The molecule has 40 heavy (non-hydrogen) atoms. The number of nitrogens with zero attached hydrogens (tertiary/aromatic N) is 3. The number of aryl methyl sites for hydroxylation is 1. The number of piperidine rings is 1. The number of hydrogen-bond donors (Lipinski definition) is 1. The molecule has 2 heterocycles. The summed E-state index contributed by atoms with van der Waals surface area (Å²) in [5.74, 6) is 0.755. The van der Waals surface area contributed by atoms with E-state index in [0.717, 1.165) is 70.8 Å². The van der Waals surface area contributed by atoms with Gasteiger partial charge in [-0.3, -0.25) is 9.69 Å². The molecule has 0 saturated carbocycles. The number of fused-ring (bicyclic) bond motifs is 3. The maximum Gasteiger partial charge on any atom is 0.251 e. The molecule has 212 valence electrons. The summed E-state index contributed by atoms with van der Waals surface area (Å²) in [6, 6.07) is 23.3. The van der Waals surface area contributed by atoms with Gasteiger partial charge < -0.3 is 19.5 Å². The molecule has 1 saturated heterocycles. The molecule has 1 N–H and O–H groups in total. The number of carbonyl (C=O) groups excluding carboxylic acids is 1. The van der Waals surface area contributed by atoms with Crippen molar-refractivity contribution in [1.82, 2.24) is 19.7 Å². The third-order valence-electron chi connectivity index (χ3n) is 8.32. The van der Waals surface area contributed by atoms with Crippen LogP contribution in [0.5, 0.6) is 5.75 Å². The fourth-order valence-corrected chi connectivity index (χ4v) is 6.03. The molecule has 4 aromatic rings. The standard InChI is InChI=1S/C34H44N4O2/c1-4-36(5-2)20-10-19-35-34(39)27-11-9-12-29(24-27)40-28-17-21-37(22-18-28)25-26-15-16-33-31(23-26)30-13-7-8-14-32(30)38(33)6-3/h7-9,11-16,23-24,28H,4-6,10,17-22,25H2,1-3H3,(H,35,39). The highest BCUT2D eigenvalue weighted by Gasteiger charge is 2.21. The third-order valence-corrected chi connectivity index (χ3v) is 8.32. The Morgan fingerprint density at radius 2 is 1.70 bits per heavy atom. The summed E-state index contributed by atoms with van der Waals surface area (Å²) < 4.78 is 8.74. The van der Waals surface area contributed by atoms with Gasteiger partial charge in [0, 0.05) is 60.1 Å². The average Bonchev–Trinajstić information content (AvgIpc) is 3.31. The van der Waals surface area contributed by atoms with Gasteiger partial charge in [0.1, 0.15) is 11.9 Å². The van der Waals surface area contributed by atoms with Crippen LogP contribution in [-0.2, 0) is 13.1 Å². The largest absolute Gasteiger partial charge is 0.490 e. The highest BCUT2D eigenvalue weighted by Crippen LogP contribution is 2.30. The smallest absolute Gasteiger partial charge is 0.251 e. The summed E-state index contributed by atoms with van der Waals surface area (Å²) in [7, 11) is 0. The van der Waals surface area contributed by atoms with Crippen LogP contribution in [0, 0.1) is 0 Å². The van der Waals surface area contributed by atoms with Crippen LogP contribution in [0.3, 0.4) is 0 Å². The number of likely N-dealkylation sites (tertiary alicyclic amines) is 1. The highest BCUT2D eigenvalue weighted by atomic mass is 16.5. The Hall–Kier alpha value is -3.35. The Morgan fingerprint density at radius 3 is 2.48 bits per heavy atom. The lowest BCUT2D eigenvalue weighted by atomic mass is 10.0. The van der Waals surface area contributed by atoms with Crippen molar-refractivity contribution in [3.05, 3.63) is 77.9 Å². The van der Waals surface area contributed by atoms with E-state index in [-0.39, 0.29) is 12.0 Å². The van der Waals surface area contributed by atoms with Crippen LogP contribution in [0.4, 0.5) is 0 Å². The highest BCUT2D eigenvalue weighted by molar-refractivity contribution is 6.08. The lowest BCUT2D eigenvalue weighted by Crippen LogP contribution is -2.37. The van der Waals surface area contributed by atoms with Gasteiger partial charge in [-0.15, -0.1) is 0 Å². The SMILES string of the molecule is CCN(CC)CCCNC(=O)c1cccc(OC2CCN(Cc3ccc4c(c3)c3ccccc3n4CC)CC2)c1. The summed E-state index contributed by atoms with van der Waals surface area (Å²) >= 11 is 0. The van der Waals surface area contributed by atoms with Crippen molar-refractivity contribution in [3.8, 4) is 5.75 Å². The quantitative estimate of drug-likeness (QED) is 0.214. The van der Waals surface area contributed by atoms with Crippen LogP contribution in [0.2, 0.25) is 0 Å². The van der Waals surface area contributed by atoms with Crippen molar-refractivity contribution in [2.24, 2.45) is 0 Å². The molecule has 0 radical (unpaired) electrons. The first-order valence-electron chi connectivity index (χ1n) is 15.1. The molecule has 6 heteroatoms. The molecule has 1 aliphatic heterocycles. The molecule has 0 atom stereocenters. The van der Waals surface area contributed by atoms with Crippen molar-refractivity contribution in [2.75, 3.05) is 39.3 Å². The normalized spacial score (nSPS) is 14.8. The molecule has 3 aromatic carbocycles. The van der Waals surface area contributed by atoms with Crippen LogP contribution in [-0.4, -0.2) is 65.6 Å². The van der Waals surface area contributed by atoms with E-state index >= 15 is 0 Å². The van der Waals surface area contributed by atoms with E-state index in [1.54, 1.807) is 0 Å². The molecule has 1 fully saturated rings. The number of para-hydroxylation sites is 1. The molecular formula is C34H44N4O2. The van der Waals surface area contributed by atoms with E-state index in [9.17, 15) is 4.79 Å². The number of rotatable bonds is 12. The van der Waals surface area contributed by atoms with Crippen molar-refractivity contribution >= 4 is 27.7 Å². The monoisotopic (exact) mass is 540 g/mol. The summed E-state index contributed by atoms with van der Waals surface area (Å²) in [5, 5.41) is 5.74. The summed E-state index contributed by atoms with van der Waals surface area (Å²) in [6.45, 7) is 14.3. The van der Waals surface area contributed by atoms with E-state index in [1.807, 2.05) is 24.3 Å². The number of ether oxygens (including phenoxy) is 1. The lowest BCUT2D eigenvalue weighted by molar-refractivity contribution is 0.0935. The van der Waals surface area contributed by atoms with Gasteiger partial charge in [0.15, 0.2) is 0 Å². The fraction of sp³-hybridized carbons (Fsp3) is 0.441. The Morgan fingerprint density at radius 1 is 0.925 bits per heavy atom. The zero-order valence-corrected chi connectivity index (χ0v) is 24.4. The van der Waals surface area contributed by atoms with Gasteiger partial charge in [0.2, 0.25) is 0 Å². The number of benzene rings is 3. The van der Waals surface area contributed by atoms with Crippen LogP contribution in [0.15, 0.2) is 66.7 Å². The Kier molecular flexibility index (Phi) is 9.40. The van der Waals surface area contributed by atoms with Gasteiger partial charge >= 0.3 is 0 Å². The minimum atomic E-state index is -0.0288. The van der Waals surface area contributed by atoms with E-state index in [1.165, 1.54) is 27.4 Å². The summed E-state index contributed by atoms with van der Waals surface area (Å²) in [5.41, 5.74) is 4.65. The summed E-state index contributed by atoms with van der Waals surface area (Å²) in [6.07, 6.45) is 3.10. The molecule has 5 rings (SSSR count). The van der Waals surface area contributed by atoms with Crippen molar-refractivity contribution in [3.63, 3.8) is 0 Å². The third kappa shape index (κ3) is 6.51. The molecule has 0 bridgehead atoms. The van der Waals surface area contributed by atoms with Gasteiger partial charge in [0.25, 0.3) is 5.91 Å². The molecule has 0 aliphatic carbocycles. The minimum absolute atomic E-state index is 0.0288.